The van der Waals surface area contributed by atoms with Gasteiger partial charge in [0.15, 0.2) is 16.7 Å². The zero-order valence-corrected chi connectivity index (χ0v) is 18.0. The van der Waals surface area contributed by atoms with Crippen LogP contribution in [0.3, 0.4) is 0 Å². The molecule has 156 valence electrons. The molecule has 0 spiro atoms. The van der Waals surface area contributed by atoms with Gasteiger partial charge in [0.25, 0.3) is 0 Å². The summed E-state index contributed by atoms with van der Waals surface area (Å²) in [6.45, 7) is 0. The SMILES string of the molecule is O=C(CSc1nnc(-c2ccco2)n1C1CCCCC1)c1ccc2c(c1)CCCC2. The van der Waals surface area contributed by atoms with E-state index >= 15 is 0 Å². The summed E-state index contributed by atoms with van der Waals surface area (Å²) >= 11 is 1.50. The third-order valence-corrected chi connectivity index (χ3v) is 7.29. The van der Waals surface area contributed by atoms with Gasteiger partial charge in [0.05, 0.1) is 12.0 Å². The van der Waals surface area contributed by atoms with Crippen molar-refractivity contribution in [2.24, 2.45) is 0 Å². The number of carbonyl (C=O) groups is 1. The number of hydrogen-bond donors (Lipinski definition) is 0. The molecule has 0 unspecified atom stereocenters. The van der Waals surface area contributed by atoms with Gasteiger partial charge in [-0.15, -0.1) is 10.2 Å². The Morgan fingerprint density at radius 2 is 1.87 bits per heavy atom. The Bertz CT molecular complexity index is 1020. The lowest BCUT2D eigenvalue weighted by Gasteiger charge is -2.25. The maximum atomic E-state index is 12.9. The lowest BCUT2D eigenvalue weighted by atomic mass is 9.90. The van der Waals surface area contributed by atoms with Crippen LogP contribution in [0.1, 0.15) is 72.5 Å². The summed E-state index contributed by atoms with van der Waals surface area (Å²) in [5, 5.41) is 9.70. The molecule has 5 rings (SSSR count). The molecule has 2 aliphatic carbocycles. The molecule has 2 aliphatic rings. The predicted octanol–water partition coefficient (Wildman–Crippen LogP) is 5.90. The molecule has 0 saturated heterocycles. The zero-order valence-electron chi connectivity index (χ0n) is 17.2. The highest BCUT2D eigenvalue weighted by Gasteiger charge is 2.25. The van der Waals surface area contributed by atoms with Gasteiger partial charge >= 0.3 is 0 Å². The fourth-order valence-electron chi connectivity index (χ4n) is 4.74. The van der Waals surface area contributed by atoms with Gasteiger partial charge < -0.3 is 4.42 Å². The Hall–Kier alpha value is -2.34. The van der Waals surface area contributed by atoms with Crippen LogP contribution in [0.15, 0.2) is 46.2 Å². The molecule has 6 heteroatoms. The molecule has 0 radical (unpaired) electrons. The Morgan fingerprint density at radius 1 is 1.03 bits per heavy atom. The Labute approximate surface area is 181 Å². The van der Waals surface area contributed by atoms with Crippen molar-refractivity contribution in [3.8, 4) is 11.6 Å². The number of rotatable bonds is 6. The van der Waals surface area contributed by atoms with Gasteiger partial charge in [-0.05, 0) is 67.9 Å². The highest BCUT2D eigenvalue weighted by atomic mass is 32.2. The fraction of sp³-hybridized carbons (Fsp3) is 0.458. The summed E-state index contributed by atoms with van der Waals surface area (Å²) in [6, 6.07) is 10.4. The fourth-order valence-corrected chi connectivity index (χ4v) is 5.64. The Balaban J connectivity index is 1.36. The molecule has 0 bridgehead atoms. The molecule has 2 aromatic heterocycles. The highest BCUT2D eigenvalue weighted by Crippen LogP contribution is 2.36. The second kappa shape index (κ2) is 8.80. The Morgan fingerprint density at radius 3 is 2.67 bits per heavy atom. The second-order valence-electron chi connectivity index (χ2n) is 8.35. The van der Waals surface area contributed by atoms with E-state index in [1.807, 2.05) is 18.2 Å². The van der Waals surface area contributed by atoms with E-state index in [1.54, 1.807) is 6.26 Å². The number of furan rings is 1. The van der Waals surface area contributed by atoms with E-state index in [2.05, 4.69) is 26.9 Å². The molecule has 2 heterocycles. The van der Waals surface area contributed by atoms with E-state index in [-0.39, 0.29) is 5.78 Å². The van der Waals surface area contributed by atoms with Crippen LogP contribution in [0.2, 0.25) is 0 Å². The molecule has 0 atom stereocenters. The van der Waals surface area contributed by atoms with Gasteiger partial charge in [0.1, 0.15) is 0 Å². The number of Topliss-reactive ketones (excluding diaryl/α,β-unsaturated/α-hetero) is 1. The minimum Gasteiger partial charge on any atom is -0.461 e. The summed E-state index contributed by atoms with van der Waals surface area (Å²) in [5.74, 6) is 2.05. The molecule has 1 saturated carbocycles. The molecular weight excluding hydrogens is 394 g/mol. The Kier molecular flexibility index (Phi) is 5.75. The van der Waals surface area contributed by atoms with Crippen LogP contribution in [0.5, 0.6) is 0 Å². The molecule has 3 aromatic rings. The van der Waals surface area contributed by atoms with Gasteiger partial charge in [0.2, 0.25) is 5.82 Å². The lowest BCUT2D eigenvalue weighted by molar-refractivity contribution is 0.102. The van der Waals surface area contributed by atoms with Crippen molar-refractivity contribution in [1.29, 1.82) is 0 Å². The van der Waals surface area contributed by atoms with Gasteiger partial charge in [-0.2, -0.15) is 0 Å². The van der Waals surface area contributed by atoms with E-state index < -0.39 is 0 Å². The first-order valence-corrected chi connectivity index (χ1v) is 12.0. The molecule has 0 aliphatic heterocycles. The number of ketones is 1. The van der Waals surface area contributed by atoms with Crippen LogP contribution in [-0.2, 0) is 12.8 Å². The van der Waals surface area contributed by atoms with Gasteiger partial charge in [-0.3, -0.25) is 9.36 Å². The number of aromatic nitrogens is 3. The van der Waals surface area contributed by atoms with Crippen molar-refractivity contribution in [2.75, 3.05) is 5.75 Å². The topological polar surface area (TPSA) is 60.9 Å². The molecular formula is C24H27N3O2S. The maximum absolute atomic E-state index is 12.9. The first-order chi connectivity index (χ1) is 14.8. The molecule has 1 fully saturated rings. The minimum absolute atomic E-state index is 0.158. The molecule has 0 amide bonds. The third kappa shape index (κ3) is 3.97. The summed E-state index contributed by atoms with van der Waals surface area (Å²) in [7, 11) is 0. The largest absolute Gasteiger partial charge is 0.461 e. The molecule has 30 heavy (non-hydrogen) atoms. The maximum Gasteiger partial charge on any atom is 0.200 e. The van der Waals surface area contributed by atoms with Gasteiger partial charge in [0, 0.05) is 11.6 Å². The predicted molar refractivity (Wildman–Crippen MR) is 118 cm³/mol. The first kappa shape index (κ1) is 19.6. The molecule has 0 N–H and O–H groups in total. The van der Waals surface area contributed by atoms with Crippen molar-refractivity contribution in [3.63, 3.8) is 0 Å². The second-order valence-corrected chi connectivity index (χ2v) is 9.29. The number of benzene rings is 1. The van der Waals surface area contributed by atoms with E-state index in [1.165, 1.54) is 55.0 Å². The number of nitrogens with zero attached hydrogens (tertiary/aromatic N) is 3. The number of carbonyl (C=O) groups excluding carboxylic acids is 1. The minimum atomic E-state index is 0.158. The first-order valence-electron chi connectivity index (χ1n) is 11.1. The summed E-state index contributed by atoms with van der Waals surface area (Å²) < 4.78 is 7.82. The number of fused-ring (bicyclic) bond motifs is 1. The smallest absolute Gasteiger partial charge is 0.200 e. The standard InChI is InChI=1S/C24H27N3O2S/c28-21(19-13-12-17-7-4-5-8-18(17)15-19)16-30-24-26-25-23(22-11-6-14-29-22)27(24)20-9-2-1-3-10-20/h6,11-15,20H,1-5,7-10,16H2. The highest BCUT2D eigenvalue weighted by molar-refractivity contribution is 7.99. The summed E-state index contributed by atoms with van der Waals surface area (Å²) in [4.78, 5) is 12.9. The van der Waals surface area contributed by atoms with Crippen molar-refractivity contribution in [3.05, 3.63) is 53.3 Å². The monoisotopic (exact) mass is 421 g/mol. The van der Waals surface area contributed by atoms with Crippen LogP contribution in [0.4, 0.5) is 0 Å². The number of hydrogen-bond acceptors (Lipinski definition) is 5. The molecule has 5 nitrogen and oxygen atoms in total. The van der Waals surface area contributed by atoms with Crippen LogP contribution < -0.4 is 0 Å². The quantitative estimate of drug-likeness (QED) is 0.366. The van der Waals surface area contributed by atoms with Gasteiger partial charge in [-0.25, -0.2) is 0 Å². The summed E-state index contributed by atoms with van der Waals surface area (Å²) in [5.41, 5.74) is 3.58. The zero-order chi connectivity index (χ0) is 20.3. The van der Waals surface area contributed by atoms with Crippen molar-refractivity contribution < 1.29 is 9.21 Å². The van der Waals surface area contributed by atoms with Gasteiger partial charge in [-0.1, -0.05) is 43.2 Å². The van der Waals surface area contributed by atoms with Crippen LogP contribution >= 0.6 is 11.8 Å². The average Bonchev–Trinajstić information content (AvgIpc) is 3.47. The van der Waals surface area contributed by atoms with Crippen LogP contribution in [0.25, 0.3) is 11.6 Å². The van der Waals surface area contributed by atoms with E-state index in [0.29, 0.717) is 11.8 Å². The van der Waals surface area contributed by atoms with E-state index in [4.69, 9.17) is 4.42 Å². The number of aryl methyl sites for hydroxylation is 2. The summed E-state index contributed by atoms with van der Waals surface area (Å²) in [6.07, 6.45) is 12.3. The van der Waals surface area contributed by atoms with Crippen molar-refractivity contribution in [1.82, 2.24) is 14.8 Å². The lowest BCUT2D eigenvalue weighted by Crippen LogP contribution is -2.15. The van der Waals surface area contributed by atoms with Crippen molar-refractivity contribution in [2.45, 2.75) is 69.0 Å². The normalized spacial score (nSPS) is 17.1. The van der Waals surface area contributed by atoms with E-state index in [9.17, 15) is 4.79 Å². The molecule has 1 aromatic carbocycles. The number of thioether (sulfide) groups is 1. The van der Waals surface area contributed by atoms with Crippen LogP contribution in [-0.4, -0.2) is 26.3 Å². The van der Waals surface area contributed by atoms with Crippen LogP contribution in [0, 0.1) is 0 Å². The average molecular weight is 422 g/mol. The third-order valence-electron chi connectivity index (χ3n) is 6.35. The van der Waals surface area contributed by atoms with E-state index in [0.717, 1.165) is 48.0 Å². The van der Waals surface area contributed by atoms with Crippen molar-refractivity contribution >= 4 is 17.5 Å².